The van der Waals surface area contributed by atoms with Crippen LogP contribution in [0.2, 0.25) is 5.02 Å². The number of amides is 1. The second-order valence-electron chi connectivity index (χ2n) is 6.86. The van der Waals surface area contributed by atoms with Crippen molar-refractivity contribution in [3.63, 3.8) is 0 Å². The van der Waals surface area contributed by atoms with Gasteiger partial charge in [0.2, 0.25) is 0 Å². The maximum Gasteiger partial charge on any atom is 0.300 e. The molecular weight excluding hydrogens is 438 g/mol. The SMILES string of the molecule is COc1cc(OC)c(/C(O)=C2/C(=O)C(=O)N(c3ccccc3O)C2c2ccco2)cc1Cl. The van der Waals surface area contributed by atoms with Crippen molar-refractivity contribution in [1.29, 1.82) is 0 Å². The van der Waals surface area contributed by atoms with Crippen LogP contribution >= 0.6 is 11.6 Å². The molecule has 2 heterocycles. The minimum Gasteiger partial charge on any atom is -0.507 e. The van der Waals surface area contributed by atoms with Crippen LogP contribution in [-0.2, 0) is 9.59 Å². The Morgan fingerprint density at radius 1 is 1.06 bits per heavy atom. The van der Waals surface area contributed by atoms with E-state index in [1.165, 1.54) is 44.7 Å². The van der Waals surface area contributed by atoms with Gasteiger partial charge in [-0.15, -0.1) is 0 Å². The number of carbonyl (C=O) groups excluding carboxylic acids is 2. The number of rotatable bonds is 5. The molecule has 8 nitrogen and oxygen atoms in total. The molecule has 0 aliphatic carbocycles. The van der Waals surface area contributed by atoms with E-state index in [1.807, 2.05) is 0 Å². The highest BCUT2D eigenvalue weighted by Crippen LogP contribution is 2.46. The van der Waals surface area contributed by atoms with E-state index in [9.17, 15) is 19.8 Å². The molecule has 0 radical (unpaired) electrons. The van der Waals surface area contributed by atoms with Crippen molar-refractivity contribution in [2.45, 2.75) is 6.04 Å². The van der Waals surface area contributed by atoms with Crippen LogP contribution in [0.3, 0.4) is 0 Å². The van der Waals surface area contributed by atoms with E-state index in [4.69, 9.17) is 25.5 Å². The van der Waals surface area contributed by atoms with Crippen LogP contribution in [-0.4, -0.2) is 36.1 Å². The third kappa shape index (κ3) is 3.34. The van der Waals surface area contributed by atoms with Crippen LogP contribution < -0.4 is 14.4 Å². The van der Waals surface area contributed by atoms with Gasteiger partial charge in [0, 0.05) is 6.07 Å². The molecule has 1 aromatic heterocycles. The van der Waals surface area contributed by atoms with E-state index < -0.39 is 23.5 Å². The number of benzene rings is 2. The quantitative estimate of drug-likeness (QED) is 0.335. The summed E-state index contributed by atoms with van der Waals surface area (Å²) in [4.78, 5) is 27.2. The average Bonchev–Trinajstić information content (AvgIpc) is 3.41. The van der Waals surface area contributed by atoms with Gasteiger partial charge < -0.3 is 24.1 Å². The molecule has 1 fully saturated rings. The molecule has 9 heteroatoms. The molecule has 2 aromatic carbocycles. The minimum absolute atomic E-state index is 0.0881. The Morgan fingerprint density at radius 3 is 2.41 bits per heavy atom. The smallest absolute Gasteiger partial charge is 0.300 e. The molecular formula is C23H18ClNO7. The number of nitrogens with zero attached hydrogens (tertiary/aromatic N) is 1. The number of hydrogen-bond donors (Lipinski definition) is 2. The molecule has 2 N–H and O–H groups in total. The molecule has 4 rings (SSSR count). The predicted octanol–water partition coefficient (Wildman–Crippen LogP) is 4.28. The first-order chi connectivity index (χ1) is 15.4. The Labute approximate surface area is 187 Å². The van der Waals surface area contributed by atoms with Gasteiger partial charge in [0.05, 0.1) is 42.3 Å². The molecule has 0 spiro atoms. The van der Waals surface area contributed by atoms with E-state index in [2.05, 4.69) is 0 Å². The van der Waals surface area contributed by atoms with Crippen molar-refractivity contribution in [3.8, 4) is 17.2 Å². The van der Waals surface area contributed by atoms with Crippen LogP contribution in [0, 0.1) is 0 Å². The van der Waals surface area contributed by atoms with Gasteiger partial charge in [-0.25, -0.2) is 0 Å². The van der Waals surface area contributed by atoms with Crippen molar-refractivity contribution < 1.29 is 33.7 Å². The normalized spacial score (nSPS) is 17.6. The summed E-state index contributed by atoms with van der Waals surface area (Å²) in [6, 6.07) is 10.9. The molecule has 1 amide bonds. The van der Waals surface area contributed by atoms with E-state index >= 15 is 0 Å². The number of ether oxygens (including phenoxy) is 2. The lowest BCUT2D eigenvalue weighted by atomic mass is 9.98. The zero-order chi connectivity index (χ0) is 23.0. The summed E-state index contributed by atoms with van der Waals surface area (Å²) in [7, 11) is 2.80. The molecule has 1 aliphatic heterocycles. The molecule has 0 saturated carbocycles. The molecule has 1 atom stereocenters. The Hall–Kier alpha value is -3.91. The zero-order valence-corrected chi connectivity index (χ0v) is 17.8. The van der Waals surface area contributed by atoms with Crippen LogP contribution in [0.1, 0.15) is 17.4 Å². The number of halogens is 1. The number of phenolic OH excluding ortho intramolecular Hbond substituents is 1. The molecule has 32 heavy (non-hydrogen) atoms. The third-order valence-electron chi connectivity index (χ3n) is 5.13. The van der Waals surface area contributed by atoms with Crippen LogP contribution in [0.15, 0.2) is 64.8 Å². The van der Waals surface area contributed by atoms with Gasteiger partial charge in [0.25, 0.3) is 11.7 Å². The van der Waals surface area contributed by atoms with E-state index in [0.29, 0.717) is 5.75 Å². The summed E-state index contributed by atoms with van der Waals surface area (Å²) in [5.41, 5.74) is -0.0624. The number of anilines is 1. The number of aliphatic hydroxyl groups excluding tert-OH is 1. The second-order valence-corrected chi connectivity index (χ2v) is 7.27. The third-order valence-corrected chi connectivity index (χ3v) is 5.42. The maximum atomic E-state index is 13.1. The fourth-order valence-electron chi connectivity index (χ4n) is 3.66. The first-order valence-electron chi connectivity index (χ1n) is 9.43. The number of aliphatic hydroxyl groups is 1. The van der Waals surface area contributed by atoms with Crippen molar-refractivity contribution >= 4 is 34.7 Å². The summed E-state index contributed by atoms with van der Waals surface area (Å²) in [6.45, 7) is 0. The fraction of sp³-hybridized carbons (Fsp3) is 0.130. The monoisotopic (exact) mass is 455 g/mol. The first kappa shape index (κ1) is 21.3. The highest BCUT2D eigenvalue weighted by Gasteiger charge is 2.49. The van der Waals surface area contributed by atoms with E-state index in [1.54, 1.807) is 24.3 Å². The van der Waals surface area contributed by atoms with E-state index in [-0.39, 0.29) is 39.1 Å². The molecule has 1 unspecified atom stereocenters. The van der Waals surface area contributed by atoms with Gasteiger partial charge in [-0.2, -0.15) is 0 Å². The standard InChI is InChI=1S/C23H18ClNO7/c1-30-17-11-18(31-2)13(24)10-12(17)21(27)19-20(16-8-5-9-32-16)25(23(29)22(19)28)14-6-3-4-7-15(14)26/h3-11,20,26-27H,1-2H3/b21-19-. The highest BCUT2D eigenvalue weighted by molar-refractivity contribution is 6.52. The molecule has 0 bridgehead atoms. The lowest BCUT2D eigenvalue weighted by molar-refractivity contribution is -0.132. The Bertz CT molecular complexity index is 1230. The molecule has 164 valence electrons. The number of phenols is 1. The molecule has 1 aliphatic rings. The lowest BCUT2D eigenvalue weighted by Gasteiger charge is -2.24. The van der Waals surface area contributed by atoms with Crippen molar-refractivity contribution in [3.05, 3.63) is 76.7 Å². The molecule has 1 saturated heterocycles. The van der Waals surface area contributed by atoms with Gasteiger partial charge in [-0.05, 0) is 30.3 Å². The maximum absolute atomic E-state index is 13.1. The van der Waals surface area contributed by atoms with Crippen LogP contribution in [0.4, 0.5) is 5.69 Å². The van der Waals surface area contributed by atoms with Gasteiger partial charge in [-0.3, -0.25) is 14.5 Å². The van der Waals surface area contributed by atoms with Crippen LogP contribution in [0.25, 0.3) is 5.76 Å². The number of para-hydroxylation sites is 2. The molecule has 3 aromatic rings. The van der Waals surface area contributed by atoms with Crippen molar-refractivity contribution in [2.75, 3.05) is 19.1 Å². The van der Waals surface area contributed by atoms with Gasteiger partial charge >= 0.3 is 0 Å². The Kier molecular flexibility index (Phi) is 5.54. The number of ketones is 1. The summed E-state index contributed by atoms with van der Waals surface area (Å²) >= 11 is 6.23. The minimum atomic E-state index is -1.14. The van der Waals surface area contributed by atoms with Gasteiger partial charge in [0.15, 0.2) is 0 Å². The number of carbonyl (C=O) groups is 2. The lowest BCUT2D eigenvalue weighted by Crippen LogP contribution is -2.29. The van der Waals surface area contributed by atoms with Gasteiger partial charge in [-0.1, -0.05) is 23.7 Å². The number of methoxy groups -OCH3 is 2. The van der Waals surface area contributed by atoms with Gasteiger partial charge in [0.1, 0.15) is 34.8 Å². The summed E-state index contributed by atoms with van der Waals surface area (Å²) < 4.78 is 16.0. The Morgan fingerprint density at radius 2 is 1.78 bits per heavy atom. The summed E-state index contributed by atoms with van der Waals surface area (Å²) in [6.07, 6.45) is 1.38. The number of furan rings is 1. The number of hydrogen-bond acceptors (Lipinski definition) is 7. The van der Waals surface area contributed by atoms with Crippen molar-refractivity contribution in [1.82, 2.24) is 0 Å². The first-order valence-corrected chi connectivity index (χ1v) is 9.81. The summed E-state index contributed by atoms with van der Waals surface area (Å²) in [5.74, 6) is -1.92. The summed E-state index contributed by atoms with van der Waals surface area (Å²) in [5, 5.41) is 21.7. The average molecular weight is 456 g/mol. The predicted molar refractivity (Wildman–Crippen MR) is 116 cm³/mol. The number of Topliss-reactive ketones (excluding diaryl/α,β-unsaturated/α-hetero) is 1. The zero-order valence-electron chi connectivity index (χ0n) is 17.0. The topological polar surface area (TPSA) is 109 Å². The van der Waals surface area contributed by atoms with Crippen LogP contribution in [0.5, 0.6) is 17.2 Å². The largest absolute Gasteiger partial charge is 0.507 e. The van der Waals surface area contributed by atoms with E-state index in [0.717, 1.165) is 4.90 Å². The number of aromatic hydroxyl groups is 1. The fourth-order valence-corrected chi connectivity index (χ4v) is 3.90. The Balaban J connectivity index is 1.98. The second kappa shape index (κ2) is 8.32. The highest BCUT2D eigenvalue weighted by atomic mass is 35.5. The van der Waals surface area contributed by atoms with Crippen molar-refractivity contribution in [2.24, 2.45) is 0 Å².